The minimum atomic E-state index is -0.964. The van der Waals surface area contributed by atoms with Crippen LogP contribution in [0.3, 0.4) is 0 Å². The Bertz CT molecular complexity index is 1670. The summed E-state index contributed by atoms with van der Waals surface area (Å²) in [5.41, 5.74) is 9.95. The third kappa shape index (κ3) is 11.2. The summed E-state index contributed by atoms with van der Waals surface area (Å²) in [5, 5.41) is 26.5. The van der Waals surface area contributed by atoms with Crippen molar-refractivity contribution in [3.8, 4) is 22.5 Å². The highest BCUT2D eigenvalue weighted by Gasteiger charge is 2.24. The molecule has 1 unspecified atom stereocenters. The highest BCUT2D eigenvalue weighted by atomic mass is 35.5. The van der Waals surface area contributed by atoms with Gasteiger partial charge in [0.2, 0.25) is 0 Å². The number of nitrogens with two attached hydrogens (primary N) is 1. The number of ether oxygens (including phenoxy) is 2. The van der Waals surface area contributed by atoms with E-state index < -0.39 is 23.2 Å². The molecule has 0 saturated heterocycles. The number of H-pyrrole nitrogens is 1. The van der Waals surface area contributed by atoms with Crippen LogP contribution in [0, 0.1) is 10.1 Å². The van der Waals surface area contributed by atoms with Crippen LogP contribution in [0.1, 0.15) is 69.0 Å². The van der Waals surface area contributed by atoms with E-state index in [-0.39, 0.29) is 25.0 Å². The Morgan fingerprint density at radius 2 is 1.80 bits per heavy atom. The minimum Gasteiger partial charge on any atom is -0.464 e. The highest BCUT2D eigenvalue weighted by molar-refractivity contribution is 6.30. The van der Waals surface area contributed by atoms with E-state index in [0.29, 0.717) is 63.1 Å². The number of amides is 1. The van der Waals surface area contributed by atoms with Crippen LogP contribution >= 0.6 is 11.6 Å². The number of aryl methyl sites for hydroxylation is 1. The van der Waals surface area contributed by atoms with Gasteiger partial charge < -0.3 is 29.9 Å². The Labute approximate surface area is 294 Å². The van der Waals surface area contributed by atoms with E-state index in [1.165, 1.54) is 0 Å². The van der Waals surface area contributed by atoms with E-state index in [1.807, 2.05) is 53.1 Å². The van der Waals surface area contributed by atoms with Crippen LogP contribution in [0.5, 0.6) is 0 Å². The molecular formula is C33H42ClN9O7. The summed E-state index contributed by atoms with van der Waals surface area (Å²) >= 11 is 6.61. The average Bonchev–Trinajstić information content (AvgIpc) is 3.75. The third-order valence-electron chi connectivity index (χ3n) is 7.83. The van der Waals surface area contributed by atoms with Crippen molar-refractivity contribution in [2.75, 3.05) is 19.8 Å². The summed E-state index contributed by atoms with van der Waals surface area (Å²) < 4.78 is 12.8. The van der Waals surface area contributed by atoms with Gasteiger partial charge in [0, 0.05) is 18.5 Å². The number of imidazole rings is 1. The lowest BCUT2D eigenvalue weighted by Crippen LogP contribution is -2.42. The second-order valence-corrected chi connectivity index (χ2v) is 11.8. The molecule has 1 atom stereocenters. The van der Waals surface area contributed by atoms with Crippen LogP contribution in [-0.4, -0.2) is 73.1 Å². The first kappa shape index (κ1) is 37.7. The van der Waals surface area contributed by atoms with Crippen LogP contribution in [-0.2, 0) is 38.7 Å². The van der Waals surface area contributed by atoms with Crippen molar-refractivity contribution in [3.05, 3.63) is 80.9 Å². The number of esters is 1. The van der Waals surface area contributed by atoms with Gasteiger partial charge in [-0.05, 0) is 72.2 Å². The number of carbonyl (C=O) groups is 2. The van der Waals surface area contributed by atoms with Crippen LogP contribution < -0.4 is 11.1 Å². The van der Waals surface area contributed by atoms with Gasteiger partial charge in [0.1, 0.15) is 18.5 Å². The molecule has 268 valence electrons. The van der Waals surface area contributed by atoms with Crippen LogP contribution in [0.15, 0.2) is 48.5 Å². The molecular weight excluding hydrogens is 670 g/mol. The molecule has 4 rings (SSSR count). The van der Waals surface area contributed by atoms with Gasteiger partial charge in [-0.15, -0.1) is 15.2 Å². The largest absolute Gasteiger partial charge is 0.464 e. The highest BCUT2D eigenvalue weighted by Crippen LogP contribution is 2.30. The number of hydrogen-bond donors (Lipinski definition) is 3. The topological polar surface area (TPSA) is 215 Å². The van der Waals surface area contributed by atoms with Crippen molar-refractivity contribution in [2.45, 2.75) is 77.5 Å². The van der Waals surface area contributed by atoms with Gasteiger partial charge >= 0.3 is 12.1 Å². The fourth-order valence-electron chi connectivity index (χ4n) is 5.22. The lowest BCUT2D eigenvalue weighted by Gasteiger charge is -2.18. The standard InChI is InChI=1S/C33H42ClN9O7/c1-2-3-13-29-37-30(34)28(22-49-33(45)36-27(12-6-7-18-35)32(44)48-19-8-9-20-50-43(46)47)42(29)21-23-14-16-24(17-15-23)25-10-4-5-11-26(25)31-38-40-41-39-31/h4-5,10-11,14-17,27H,2-3,6-9,12-13,18-22,35H2,1H3,(H,36,45)(H,38,39,40,41). The molecule has 2 heterocycles. The van der Waals surface area contributed by atoms with Crippen molar-refractivity contribution >= 4 is 23.7 Å². The zero-order chi connectivity index (χ0) is 35.7. The van der Waals surface area contributed by atoms with E-state index in [1.54, 1.807) is 0 Å². The van der Waals surface area contributed by atoms with Crippen molar-refractivity contribution in [1.82, 2.24) is 35.5 Å². The number of carbonyl (C=O) groups excluding carboxylic acids is 2. The zero-order valence-electron chi connectivity index (χ0n) is 27.9. The number of unbranched alkanes of at least 4 members (excludes halogenated alkanes) is 3. The molecule has 0 bridgehead atoms. The third-order valence-corrected chi connectivity index (χ3v) is 8.14. The van der Waals surface area contributed by atoms with E-state index in [9.17, 15) is 19.7 Å². The quantitative estimate of drug-likeness (QED) is 0.0449. The summed E-state index contributed by atoms with van der Waals surface area (Å²) in [5.74, 6) is 0.710. The first-order valence-corrected chi connectivity index (χ1v) is 16.9. The number of nitrogens with zero attached hydrogens (tertiary/aromatic N) is 6. The summed E-state index contributed by atoms with van der Waals surface area (Å²) in [7, 11) is 0. The summed E-state index contributed by atoms with van der Waals surface area (Å²) in [6.45, 7) is 2.70. The molecule has 0 aliphatic carbocycles. The van der Waals surface area contributed by atoms with Crippen molar-refractivity contribution in [3.63, 3.8) is 0 Å². The first-order valence-electron chi connectivity index (χ1n) is 16.5. The molecule has 1 amide bonds. The maximum absolute atomic E-state index is 13.0. The predicted molar refractivity (Wildman–Crippen MR) is 183 cm³/mol. The van der Waals surface area contributed by atoms with Crippen LogP contribution in [0.2, 0.25) is 5.15 Å². The first-order chi connectivity index (χ1) is 24.3. The van der Waals surface area contributed by atoms with Gasteiger partial charge in [-0.1, -0.05) is 73.5 Å². The van der Waals surface area contributed by atoms with E-state index in [0.717, 1.165) is 40.9 Å². The molecule has 2 aromatic carbocycles. The number of aromatic amines is 1. The normalized spacial score (nSPS) is 11.6. The molecule has 16 nitrogen and oxygen atoms in total. The van der Waals surface area contributed by atoms with Crippen LogP contribution in [0.25, 0.3) is 22.5 Å². The van der Waals surface area contributed by atoms with Gasteiger partial charge in [-0.25, -0.2) is 19.7 Å². The Morgan fingerprint density at radius 3 is 2.50 bits per heavy atom. The van der Waals surface area contributed by atoms with Crippen molar-refractivity contribution in [2.24, 2.45) is 5.73 Å². The number of hydrogen-bond acceptors (Lipinski definition) is 12. The monoisotopic (exact) mass is 711 g/mol. The number of nitrogens with one attached hydrogen (secondary N) is 2. The lowest BCUT2D eigenvalue weighted by molar-refractivity contribution is -0.757. The van der Waals surface area contributed by atoms with E-state index in [4.69, 9.17) is 26.8 Å². The molecule has 2 aromatic heterocycles. The van der Waals surface area contributed by atoms with Gasteiger partial charge in [0.25, 0.3) is 5.09 Å². The maximum atomic E-state index is 13.0. The smallest absolute Gasteiger partial charge is 0.408 e. The van der Waals surface area contributed by atoms with Gasteiger partial charge in [0.15, 0.2) is 11.0 Å². The summed E-state index contributed by atoms with van der Waals surface area (Å²) in [6.07, 6.45) is 3.95. The van der Waals surface area contributed by atoms with E-state index >= 15 is 0 Å². The van der Waals surface area contributed by atoms with Gasteiger partial charge in [-0.3, -0.25) is 0 Å². The molecule has 0 saturated carbocycles. The molecule has 17 heteroatoms. The fourth-order valence-corrected chi connectivity index (χ4v) is 5.47. The molecule has 0 aliphatic heterocycles. The minimum absolute atomic E-state index is 0.0196. The predicted octanol–water partition coefficient (Wildman–Crippen LogP) is 5.03. The SMILES string of the molecule is CCCCc1nc(Cl)c(COC(=O)NC(CCCCN)C(=O)OCCCCO[N+](=O)[O-])n1Cc1ccc(-c2ccccc2-c2nnn[nH]2)cc1. The Hall–Kier alpha value is -5.09. The molecule has 0 spiro atoms. The number of benzene rings is 2. The number of alkyl carbamates (subject to hydrolysis) is 1. The number of halogens is 1. The number of rotatable bonds is 21. The molecule has 4 N–H and O–H groups in total. The summed E-state index contributed by atoms with van der Waals surface area (Å²) in [6, 6.07) is 15.0. The second kappa shape index (κ2) is 19.8. The summed E-state index contributed by atoms with van der Waals surface area (Å²) in [4.78, 5) is 44.9. The Kier molecular flexibility index (Phi) is 14.9. The molecule has 0 fully saturated rings. The maximum Gasteiger partial charge on any atom is 0.408 e. The van der Waals surface area contributed by atoms with Gasteiger partial charge in [0.05, 0.1) is 18.9 Å². The average molecular weight is 712 g/mol. The lowest BCUT2D eigenvalue weighted by atomic mass is 9.98. The fraction of sp³-hybridized carbons (Fsp3) is 0.455. The molecule has 0 radical (unpaired) electrons. The van der Waals surface area contributed by atoms with Crippen molar-refractivity contribution < 1.29 is 29.0 Å². The zero-order valence-corrected chi connectivity index (χ0v) is 28.6. The number of aromatic nitrogens is 6. The molecule has 0 aliphatic rings. The Balaban J connectivity index is 1.43. The van der Waals surface area contributed by atoms with E-state index in [2.05, 4.69) is 42.7 Å². The van der Waals surface area contributed by atoms with Crippen molar-refractivity contribution in [1.29, 1.82) is 0 Å². The van der Waals surface area contributed by atoms with Gasteiger partial charge in [-0.2, -0.15) is 0 Å². The second-order valence-electron chi connectivity index (χ2n) is 11.4. The Morgan fingerprint density at radius 1 is 1.04 bits per heavy atom. The molecule has 4 aromatic rings. The number of tetrazole rings is 1. The molecule has 50 heavy (non-hydrogen) atoms. The van der Waals surface area contributed by atoms with Crippen LogP contribution in [0.4, 0.5) is 4.79 Å².